The third kappa shape index (κ3) is 4.29. The molecular weight excluding hydrogens is 202 g/mol. The Kier molecular flexibility index (Phi) is 6.93. The number of piperidine rings is 1. The fourth-order valence-electron chi connectivity index (χ4n) is 1.81. The highest BCUT2D eigenvalue weighted by Gasteiger charge is 2.23. The molecule has 2 atom stereocenters. The van der Waals surface area contributed by atoms with Crippen LogP contribution in [-0.4, -0.2) is 25.7 Å². The lowest BCUT2D eigenvalue weighted by Crippen LogP contribution is -2.36. The minimum atomic E-state index is -0.0405. The molecule has 1 fully saturated rings. The van der Waals surface area contributed by atoms with E-state index in [0.29, 0.717) is 24.9 Å². The molecule has 0 aromatic heterocycles. The summed E-state index contributed by atoms with van der Waals surface area (Å²) >= 11 is 0. The first-order valence-corrected chi connectivity index (χ1v) is 5.10. The van der Waals surface area contributed by atoms with Gasteiger partial charge in [0.1, 0.15) is 0 Å². The summed E-state index contributed by atoms with van der Waals surface area (Å²) in [7, 11) is 0. The van der Waals surface area contributed by atoms with Crippen LogP contribution in [-0.2, 0) is 9.53 Å². The van der Waals surface area contributed by atoms with Crippen LogP contribution >= 0.6 is 12.4 Å². The van der Waals surface area contributed by atoms with Crippen LogP contribution in [0.4, 0.5) is 0 Å². The van der Waals surface area contributed by atoms with Gasteiger partial charge in [-0.1, -0.05) is 6.92 Å². The van der Waals surface area contributed by atoms with E-state index in [0.717, 1.165) is 19.5 Å². The molecule has 1 aliphatic rings. The van der Waals surface area contributed by atoms with Crippen molar-refractivity contribution in [3.05, 3.63) is 0 Å². The summed E-state index contributed by atoms with van der Waals surface area (Å²) in [4.78, 5) is 11.2. The van der Waals surface area contributed by atoms with Crippen molar-refractivity contribution in [2.75, 3.05) is 19.7 Å². The van der Waals surface area contributed by atoms with E-state index in [-0.39, 0.29) is 18.4 Å². The van der Waals surface area contributed by atoms with Gasteiger partial charge < -0.3 is 10.1 Å². The molecule has 84 valence electrons. The topological polar surface area (TPSA) is 38.3 Å². The number of hydrogen-bond acceptors (Lipinski definition) is 3. The van der Waals surface area contributed by atoms with Crippen LogP contribution in [0.1, 0.15) is 26.7 Å². The molecule has 3 nitrogen and oxygen atoms in total. The first kappa shape index (κ1) is 13.7. The summed E-state index contributed by atoms with van der Waals surface area (Å²) in [6.07, 6.45) is 1.69. The highest BCUT2D eigenvalue weighted by atomic mass is 35.5. The first-order valence-electron chi connectivity index (χ1n) is 5.10. The molecule has 0 amide bonds. The maximum absolute atomic E-state index is 11.2. The van der Waals surface area contributed by atoms with Crippen LogP contribution in [0.15, 0.2) is 0 Å². The highest BCUT2D eigenvalue weighted by molar-refractivity contribution is 5.85. The first-order chi connectivity index (χ1) is 6.24. The molecule has 0 radical (unpaired) electrons. The van der Waals surface area contributed by atoms with Gasteiger partial charge in [-0.05, 0) is 38.3 Å². The second-order valence-corrected chi connectivity index (χ2v) is 3.74. The summed E-state index contributed by atoms with van der Waals surface area (Å²) in [5.41, 5.74) is 0. The number of ether oxygens (including phenoxy) is 1. The Bertz CT molecular complexity index is 176. The van der Waals surface area contributed by atoms with Crippen molar-refractivity contribution in [2.45, 2.75) is 26.7 Å². The van der Waals surface area contributed by atoms with Gasteiger partial charge in [0, 0.05) is 6.42 Å². The molecule has 0 spiro atoms. The van der Waals surface area contributed by atoms with Crippen molar-refractivity contribution in [1.29, 1.82) is 0 Å². The fourth-order valence-corrected chi connectivity index (χ4v) is 1.81. The van der Waals surface area contributed by atoms with E-state index in [4.69, 9.17) is 4.74 Å². The van der Waals surface area contributed by atoms with Gasteiger partial charge in [-0.25, -0.2) is 0 Å². The number of nitrogens with one attached hydrogen (secondary N) is 1. The van der Waals surface area contributed by atoms with Crippen molar-refractivity contribution in [3.8, 4) is 0 Å². The van der Waals surface area contributed by atoms with Gasteiger partial charge in [0.05, 0.1) is 6.61 Å². The zero-order valence-electron chi connectivity index (χ0n) is 8.91. The molecule has 1 heterocycles. The van der Waals surface area contributed by atoms with E-state index in [2.05, 4.69) is 12.2 Å². The lowest BCUT2D eigenvalue weighted by atomic mass is 9.85. The van der Waals surface area contributed by atoms with Gasteiger partial charge in [-0.2, -0.15) is 0 Å². The number of halogens is 1. The SMILES string of the molecule is CCOC(=O)C[C@H]1CCNC[C@@H]1C.Cl. The van der Waals surface area contributed by atoms with E-state index in [1.165, 1.54) is 0 Å². The molecule has 0 saturated carbocycles. The third-order valence-electron chi connectivity index (χ3n) is 2.70. The average Bonchev–Trinajstić information content (AvgIpc) is 2.09. The number of hydrogen-bond donors (Lipinski definition) is 1. The molecule has 0 aliphatic carbocycles. The molecule has 0 aromatic rings. The van der Waals surface area contributed by atoms with Gasteiger partial charge in [0.15, 0.2) is 0 Å². The van der Waals surface area contributed by atoms with E-state index < -0.39 is 0 Å². The van der Waals surface area contributed by atoms with Crippen LogP contribution in [0.25, 0.3) is 0 Å². The minimum Gasteiger partial charge on any atom is -0.466 e. The Morgan fingerprint density at radius 2 is 2.29 bits per heavy atom. The summed E-state index contributed by atoms with van der Waals surface area (Å²) in [6.45, 7) is 6.61. The molecule has 1 N–H and O–H groups in total. The summed E-state index contributed by atoms with van der Waals surface area (Å²) in [6, 6.07) is 0. The van der Waals surface area contributed by atoms with Crippen molar-refractivity contribution >= 4 is 18.4 Å². The summed E-state index contributed by atoms with van der Waals surface area (Å²) < 4.78 is 4.93. The molecule has 14 heavy (non-hydrogen) atoms. The summed E-state index contributed by atoms with van der Waals surface area (Å²) in [5.74, 6) is 1.07. The second-order valence-electron chi connectivity index (χ2n) is 3.74. The Balaban J connectivity index is 0.00000169. The van der Waals surface area contributed by atoms with Gasteiger partial charge in [0.2, 0.25) is 0 Å². The zero-order valence-corrected chi connectivity index (χ0v) is 9.73. The molecule has 0 unspecified atom stereocenters. The molecule has 1 rings (SSSR count). The smallest absolute Gasteiger partial charge is 0.306 e. The van der Waals surface area contributed by atoms with Gasteiger partial charge in [-0.3, -0.25) is 4.79 Å². The maximum atomic E-state index is 11.2. The molecule has 0 aromatic carbocycles. The highest BCUT2D eigenvalue weighted by Crippen LogP contribution is 2.22. The molecular formula is C10H20ClNO2. The Labute approximate surface area is 92.0 Å². The van der Waals surface area contributed by atoms with Crippen molar-refractivity contribution in [2.24, 2.45) is 11.8 Å². The van der Waals surface area contributed by atoms with E-state index >= 15 is 0 Å². The number of carbonyl (C=O) groups is 1. The van der Waals surface area contributed by atoms with Gasteiger partial charge in [0.25, 0.3) is 0 Å². The molecule has 1 aliphatic heterocycles. The number of rotatable bonds is 3. The van der Waals surface area contributed by atoms with Crippen LogP contribution < -0.4 is 5.32 Å². The number of esters is 1. The van der Waals surface area contributed by atoms with Crippen molar-refractivity contribution in [1.82, 2.24) is 5.32 Å². The Hall–Kier alpha value is -0.280. The Morgan fingerprint density at radius 1 is 1.57 bits per heavy atom. The molecule has 4 heteroatoms. The fraction of sp³-hybridized carbons (Fsp3) is 0.900. The largest absolute Gasteiger partial charge is 0.466 e. The minimum absolute atomic E-state index is 0. The predicted octanol–water partition coefficient (Wildman–Crippen LogP) is 1.61. The average molecular weight is 222 g/mol. The van der Waals surface area contributed by atoms with Gasteiger partial charge in [-0.15, -0.1) is 12.4 Å². The van der Waals surface area contributed by atoms with Crippen LogP contribution in [0.2, 0.25) is 0 Å². The van der Waals surface area contributed by atoms with Crippen LogP contribution in [0.3, 0.4) is 0 Å². The van der Waals surface area contributed by atoms with E-state index in [1.807, 2.05) is 6.92 Å². The normalized spacial score (nSPS) is 26.4. The van der Waals surface area contributed by atoms with E-state index in [9.17, 15) is 4.79 Å². The zero-order chi connectivity index (χ0) is 9.68. The monoisotopic (exact) mass is 221 g/mol. The van der Waals surface area contributed by atoms with Crippen LogP contribution in [0.5, 0.6) is 0 Å². The van der Waals surface area contributed by atoms with Gasteiger partial charge >= 0.3 is 5.97 Å². The van der Waals surface area contributed by atoms with Crippen molar-refractivity contribution in [3.63, 3.8) is 0 Å². The Morgan fingerprint density at radius 3 is 2.86 bits per heavy atom. The summed E-state index contributed by atoms with van der Waals surface area (Å²) in [5, 5.41) is 3.32. The van der Waals surface area contributed by atoms with Crippen LogP contribution in [0, 0.1) is 11.8 Å². The van der Waals surface area contributed by atoms with E-state index in [1.54, 1.807) is 0 Å². The molecule has 0 bridgehead atoms. The third-order valence-corrected chi connectivity index (χ3v) is 2.70. The second kappa shape index (κ2) is 7.07. The van der Waals surface area contributed by atoms with Crippen molar-refractivity contribution < 1.29 is 9.53 Å². The lowest BCUT2D eigenvalue weighted by Gasteiger charge is -2.28. The quantitative estimate of drug-likeness (QED) is 0.736. The maximum Gasteiger partial charge on any atom is 0.306 e. The predicted molar refractivity (Wildman–Crippen MR) is 58.6 cm³/mol. The lowest BCUT2D eigenvalue weighted by molar-refractivity contribution is -0.144. The number of carbonyl (C=O) groups excluding carboxylic acids is 1. The molecule has 1 saturated heterocycles. The standard InChI is InChI=1S/C10H19NO2.ClH/c1-3-13-10(12)6-9-4-5-11-7-8(9)2;/h8-9,11H,3-7H2,1-2H3;1H/t8-,9+;/m0./s1.